The predicted octanol–water partition coefficient (Wildman–Crippen LogP) is 0.984. The fourth-order valence-corrected chi connectivity index (χ4v) is 2.30. The highest BCUT2D eigenvalue weighted by Crippen LogP contribution is 2.39. The number of rotatable bonds is 5. The maximum Gasteiger partial charge on any atom is 0.312 e. The van der Waals surface area contributed by atoms with Gasteiger partial charge in [0.15, 0.2) is 0 Å². The lowest BCUT2D eigenvalue weighted by Gasteiger charge is -2.20. The molecule has 94 valence electrons. The first-order valence-corrected chi connectivity index (χ1v) is 5.88. The van der Waals surface area contributed by atoms with Crippen LogP contribution in [0.4, 0.5) is 0 Å². The predicted molar refractivity (Wildman–Crippen MR) is 58.3 cm³/mol. The molecule has 17 heavy (non-hydrogen) atoms. The third kappa shape index (κ3) is 2.20. The molecule has 0 saturated carbocycles. The van der Waals surface area contributed by atoms with Crippen molar-refractivity contribution in [2.24, 2.45) is 11.8 Å². The van der Waals surface area contributed by atoms with Crippen LogP contribution in [-0.4, -0.2) is 35.9 Å². The maximum atomic E-state index is 11.8. The van der Waals surface area contributed by atoms with Crippen LogP contribution < -0.4 is 0 Å². The summed E-state index contributed by atoms with van der Waals surface area (Å²) >= 11 is 0. The Bertz CT molecular complexity index is 349. The zero-order valence-electron chi connectivity index (χ0n) is 9.67. The van der Waals surface area contributed by atoms with Gasteiger partial charge < -0.3 is 14.6 Å². The lowest BCUT2D eigenvalue weighted by Crippen LogP contribution is -2.37. The van der Waals surface area contributed by atoms with Gasteiger partial charge >= 0.3 is 11.9 Å². The van der Waals surface area contributed by atoms with Crippen molar-refractivity contribution < 1.29 is 24.2 Å². The first kappa shape index (κ1) is 12.1. The van der Waals surface area contributed by atoms with E-state index >= 15 is 0 Å². The van der Waals surface area contributed by atoms with Crippen molar-refractivity contribution in [1.82, 2.24) is 0 Å². The van der Waals surface area contributed by atoms with Crippen molar-refractivity contribution in [3.63, 3.8) is 0 Å². The summed E-state index contributed by atoms with van der Waals surface area (Å²) in [6, 6.07) is 0. The number of carboxylic acid groups (broad SMARTS) is 1. The smallest absolute Gasteiger partial charge is 0.312 e. The van der Waals surface area contributed by atoms with Gasteiger partial charge in [-0.05, 0) is 6.42 Å². The molecule has 0 aromatic carbocycles. The van der Waals surface area contributed by atoms with Crippen LogP contribution >= 0.6 is 0 Å². The molecule has 1 N–H and O–H groups in total. The maximum absolute atomic E-state index is 11.8. The van der Waals surface area contributed by atoms with Gasteiger partial charge in [-0.15, -0.1) is 0 Å². The first-order valence-electron chi connectivity index (χ1n) is 5.88. The van der Waals surface area contributed by atoms with Crippen molar-refractivity contribution in [2.75, 3.05) is 6.61 Å². The van der Waals surface area contributed by atoms with Gasteiger partial charge in [0.1, 0.15) is 11.8 Å². The van der Waals surface area contributed by atoms with Crippen LogP contribution in [0.3, 0.4) is 0 Å². The molecule has 0 aromatic rings. The third-order valence-electron chi connectivity index (χ3n) is 3.20. The SMILES string of the molecule is CCCCOC(=O)C1C2C=C[C@@H](O2)C1C(=O)O. The van der Waals surface area contributed by atoms with Crippen molar-refractivity contribution in [2.45, 2.75) is 32.0 Å². The van der Waals surface area contributed by atoms with Crippen LogP contribution in [0.2, 0.25) is 0 Å². The lowest BCUT2D eigenvalue weighted by atomic mass is 9.83. The van der Waals surface area contributed by atoms with Gasteiger partial charge in [-0.25, -0.2) is 0 Å². The minimum atomic E-state index is -1.00. The van der Waals surface area contributed by atoms with Crippen LogP contribution in [-0.2, 0) is 19.1 Å². The summed E-state index contributed by atoms with van der Waals surface area (Å²) in [4.78, 5) is 22.9. The Balaban J connectivity index is 2.01. The Morgan fingerprint density at radius 2 is 1.94 bits per heavy atom. The van der Waals surface area contributed by atoms with Gasteiger partial charge in [-0.1, -0.05) is 25.5 Å². The van der Waals surface area contributed by atoms with E-state index in [1.54, 1.807) is 12.2 Å². The van der Waals surface area contributed by atoms with Crippen molar-refractivity contribution in [3.05, 3.63) is 12.2 Å². The molecule has 3 unspecified atom stereocenters. The van der Waals surface area contributed by atoms with Gasteiger partial charge in [0.2, 0.25) is 0 Å². The van der Waals surface area contributed by atoms with Gasteiger partial charge in [0.25, 0.3) is 0 Å². The van der Waals surface area contributed by atoms with Crippen LogP contribution in [0.5, 0.6) is 0 Å². The molecule has 0 radical (unpaired) electrons. The average molecular weight is 240 g/mol. The third-order valence-corrected chi connectivity index (χ3v) is 3.20. The Morgan fingerprint density at radius 3 is 2.53 bits per heavy atom. The van der Waals surface area contributed by atoms with Crippen LogP contribution in [0.25, 0.3) is 0 Å². The number of unbranched alkanes of at least 4 members (excludes halogenated alkanes) is 1. The van der Waals surface area contributed by atoms with E-state index in [2.05, 4.69) is 0 Å². The lowest BCUT2D eigenvalue weighted by molar-refractivity contribution is -0.156. The minimum absolute atomic E-state index is 0.347. The van der Waals surface area contributed by atoms with Gasteiger partial charge in [0, 0.05) is 0 Å². The molecular formula is C12H16O5. The summed E-state index contributed by atoms with van der Waals surface area (Å²) in [7, 11) is 0. The second-order valence-electron chi connectivity index (χ2n) is 4.36. The number of ether oxygens (including phenoxy) is 2. The second-order valence-corrected chi connectivity index (χ2v) is 4.36. The zero-order valence-corrected chi connectivity index (χ0v) is 9.67. The van der Waals surface area contributed by atoms with E-state index in [1.807, 2.05) is 6.92 Å². The Labute approximate surface area is 99.4 Å². The van der Waals surface area contributed by atoms with Crippen molar-refractivity contribution in [3.8, 4) is 0 Å². The van der Waals surface area contributed by atoms with Crippen molar-refractivity contribution >= 4 is 11.9 Å². The topological polar surface area (TPSA) is 72.8 Å². The highest BCUT2D eigenvalue weighted by molar-refractivity contribution is 5.84. The van der Waals surface area contributed by atoms with Crippen LogP contribution in [0.1, 0.15) is 19.8 Å². The number of carboxylic acids is 1. The van der Waals surface area contributed by atoms with Crippen LogP contribution in [0.15, 0.2) is 12.2 Å². The number of hydrogen-bond donors (Lipinski definition) is 1. The zero-order chi connectivity index (χ0) is 12.4. The van der Waals surface area contributed by atoms with E-state index in [4.69, 9.17) is 14.6 Å². The average Bonchev–Trinajstić information content (AvgIpc) is 2.88. The molecule has 2 heterocycles. The van der Waals surface area contributed by atoms with Crippen LogP contribution in [0, 0.1) is 11.8 Å². The number of esters is 1. The molecule has 2 bridgehead atoms. The van der Waals surface area contributed by atoms with E-state index in [0.717, 1.165) is 12.8 Å². The van der Waals surface area contributed by atoms with Crippen molar-refractivity contribution in [1.29, 1.82) is 0 Å². The summed E-state index contributed by atoms with van der Waals surface area (Å²) < 4.78 is 10.5. The van der Waals surface area contributed by atoms with E-state index in [0.29, 0.717) is 6.61 Å². The van der Waals surface area contributed by atoms with E-state index in [-0.39, 0.29) is 0 Å². The summed E-state index contributed by atoms with van der Waals surface area (Å²) in [5.74, 6) is -2.96. The number of hydrogen-bond acceptors (Lipinski definition) is 4. The minimum Gasteiger partial charge on any atom is -0.481 e. The summed E-state index contributed by atoms with van der Waals surface area (Å²) in [6.07, 6.45) is 4.26. The molecule has 5 heteroatoms. The fraction of sp³-hybridized carbons (Fsp3) is 0.667. The quantitative estimate of drug-likeness (QED) is 0.440. The first-order chi connectivity index (χ1) is 8.15. The molecule has 2 aliphatic heterocycles. The molecule has 0 aliphatic carbocycles. The number of carbonyl (C=O) groups excluding carboxylic acids is 1. The largest absolute Gasteiger partial charge is 0.481 e. The van der Waals surface area contributed by atoms with Gasteiger partial charge in [0.05, 0.1) is 18.8 Å². The summed E-state index contributed by atoms with van der Waals surface area (Å²) in [5.41, 5.74) is 0. The Hall–Kier alpha value is -1.36. The summed E-state index contributed by atoms with van der Waals surface area (Å²) in [6.45, 7) is 2.34. The normalized spacial score (nSPS) is 33.9. The monoisotopic (exact) mass is 240 g/mol. The molecule has 4 atom stereocenters. The highest BCUT2D eigenvalue weighted by atomic mass is 16.5. The second kappa shape index (κ2) is 4.87. The van der Waals surface area contributed by atoms with Gasteiger partial charge in [-0.3, -0.25) is 9.59 Å². The molecule has 5 nitrogen and oxygen atoms in total. The standard InChI is InChI=1S/C12H16O5/c1-2-3-6-16-12(15)10-8-5-4-7(17-8)9(10)11(13)14/h4-5,7-10H,2-3,6H2,1H3,(H,13,14)/t7-,8?,9?,10?/m1/s1. The number of fused-ring (bicyclic) bond motifs is 2. The molecule has 1 saturated heterocycles. The Morgan fingerprint density at radius 1 is 1.29 bits per heavy atom. The molecule has 0 spiro atoms. The number of aliphatic carboxylic acids is 1. The molecule has 2 aliphatic rings. The summed E-state index contributed by atoms with van der Waals surface area (Å²) in [5, 5.41) is 9.10. The molecule has 0 aromatic heterocycles. The fourth-order valence-electron chi connectivity index (χ4n) is 2.30. The van der Waals surface area contributed by atoms with E-state index < -0.39 is 36.0 Å². The molecule has 0 amide bonds. The molecule has 2 rings (SSSR count). The highest BCUT2D eigenvalue weighted by Gasteiger charge is 2.53. The van der Waals surface area contributed by atoms with E-state index in [1.165, 1.54) is 0 Å². The molecular weight excluding hydrogens is 224 g/mol. The Kier molecular flexibility index (Phi) is 3.47. The van der Waals surface area contributed by atoms with E-state index in [9.17, 15) is 9.59 Å². The molecule has 1 fully saturated rings. The number of carbonyl (C=O) groups is 2. The van der Waals surface area contributed by atoms with Gasteiger partial charge in [-0.2, -0.15) is 0 Å².